The van der Waals surface area contributed by atoms with E-state index in [-0.39, 0.29) is 16.3 Å². The van der Waals surface area contributed by atoms with Gasteiger partial charge in [-0.2, -0.15) is 8.42 Å². The molecule has 1 aliphatic heterocycles. The standard InChI is InChI=1S/C7H4BrN3O4S/c8-4-1-5(11(12)13)7-6(2-4)16(14,15)10-3-9-7/h1-3H,(H,9,10). The Hall–Kier alpha value is -1.48. The first-order chi connectivity index (χ1) is 7.42. The lowest BCUT2D eigenvalue weighted by Crippen LogP contribution is -2.13. The second-order valence-electron chi connectivity index (χ2n) is 2.91. The summed E-state index contributed by atoms with van der Waals surface area (Å²) >= 11 is 3.01. The van der Waals surface area contributed by atoms with Crippen LogP contribution in [0, 0.1) is 10.1 Å². The zero-order valence-electron chi connectivity index (χ0n) is 7.55. The zero-order chi connectivity index (χ0) is 11.9. The minimum Gasteiger partial charge on any atom is -0.339 e. The highest BCUT2D eigenvalue weighted by Crippen LogP contribution is 2.37. The minimum absolute atomic E-state index is 0.0665. The smallest absolute Gasteiger partial charge is 0.295 e. The SMILES string of the molecule is O=[N+]([O-])c1cc(Br)cc2c1NC=NS2(=O)=O. The minimum atomic E-state index is -3.85. The van der Waals surface area contributed by atoms with Crippen molar-refractivity contribution in [3.63, 3.8) is 0 Å². The van der Waals surface area contributed by atoms with Crippen molar-refractivity contribution in [3.05, 3.63) is 26.7 Å². The Balaban J connectivity index is 2.82. The summed E-state index contributed by atoms with van der Waals surface area (Å²) in [7, 11) is -3.85. The molecule has 1 aliphatic rings. The molecule has 16 heavy (non-hydrogen) atoms. The Morgan fingerprint density at radius 1 is 1.44 bits per heavy atom. The van der Waals surface area contributed by atoms with E-state index in [1.54, 1.807) is 0 Å². The fourth-order valence-corrected chi connectivity index (χ4v) is 2.88. The van der Waals surface area contributed by atoms with Crippen LogP contribution in [0.5, 0.6) is 0 Å². The van der Waals surface area contributed by atoms with E-state index >= 15 is 0 Å². The number of halogens is 1. The number of nitro groups is 1. The van der Waals surface area contributed by atoms with Gasteiger partial charge in [0.2, 0.25) is 0 Å². The molecule has 0 saturated heterocycles. The summed E-state index contributed by atoms with van der Waals surface area (Å²) in [5.74, 6) is 0. The molecule has 84 valence electrons. The molecule has 1 aromatic rings. The van der Waals surface area contributed by atoms with Crippen molar-refractivity contribution in [2.45, 2.75) is 4.90 Å². The first kappa shape index (κ1) is 11.0. The monoisotopic (exact) mass is 305 g/mol. The molecule has 0 aliphatic carbocycles. The molecule has 0 amide bonds. The number of anilines is 1. The number of sulfonamides is 1. The van der Waals surface area contributed by atoms with Crippen molar-refractivity contribution < 1.29 is 13.3 Å². The van der Waals surface area contributed by atoms with Gasteiger partial charge in [0.1, 0.15) is 16.9 Å². The summed E-state index contributed by atoms with van der Waals surface area (Å²) in [6.45, 7) is 0. The Morgan fingerprint density at radius 3 is 2.75 bits per heavy atom. The van der Waals surface area contributed by atoms with Crippen LogP contribution in [0.4, 0.5) is 11.4 Å². The maximum Gasteiger partial charge on any atom is 0.295 e. The van der Waals surface area contributed by atoms with Crippen LogP contribution in [0.25, 0.3) is 0 Å². The van der Waals surface area contributed by atoms with Crippen molar-refractivity contribution in [1.82, 2.24) is 0 Å². The van der Waals surface area contributed by atoms with Gasteiger partial charge in [0, 0.05) is 10.5 Å². The second kappa shape index (κ2) is 3.52. The lowest BCUT2D eigenvalue weighted by atomic mass is 10.2. The van der Waals surface area contributed by atoms with E-state index in [0.29, 0.717) is 4.47 Å². The summed E-state index contributed by atoms with van der Waals surface area (Å²) in [6, 6.07) is 2.49. The van der Waals surface area contributed by atoms with Crippen molar-refractivity contribution >= 4 is 43.7 Å². The molecular formula is C7H4BrN3O4S. The Bertz CT molecular complexity index is 610. The average molecular weight is 306 g/mol. The molecule has 0 atom stereocenters. The summed E-state index contributed by atoms with van der Waals surface area (Å²) in [6.07, 6.45) is 0.915. The number of fused-ring (bicyclic) bond motifs is 1. The molecule has 0 fully saturated rings. The number of rotatable bonds is 1. The number of hydrogen-bond acceptors (Lipinski definition) is 5. The van der Waals surface area contributed by atoms with E-state index in [9.17, 15) is 18.5 Å². The van der Waals surface area contributed by atoms with Crippen molar-refractivity contribution in [3.8, 4) is 0 Å². The van der Waals surface area contributed by atoms with Crippen molar-refractivity contribution in [1.29, 1.82) is 0 Å². The Labute approximate surface area is 98.5 Å². The molecule has 1 aromatic carbocycles. The van der Waals surface area contributed by atoms with E-state index in [2.05, 4.69) is 25.6 Å². The quantitative estimate of drug-likeness (QED) is 0.625. The van der Waals surface area contributed by atoms with Gasteiger partial charge < -0.3 is 5.32 Å². The van der Waals surface area contributed by atoms with Gasteiger partial charge in [-0.3, -0.25) is 10.1 Å². The summed E-state index contributed by atoms with van der Waals surface area (Å²) in [4.78, 5) is 9.87. The fourth-order valence-electron chi connectivity index (χ4n) is 1.28. The first-order valence-corrected chi connectivity index (χ1v) is 6.18. The van der Waals surface area contributed by atoms with Crippen LogP contribution in [-0.2, 0) is 10.0 Å². The van der Waals surface area contributed by atoms with Gasteiger partial charge in [-0.25, -0.2) is 0 Å². The maximum atomic E-state index is 11.5. The van der Waals surface area contributed by atoms with Crippen LogP contribution in [0.1, 0.15) is 0 Å². The molecule has 1 N–H and O–H groups in total. The third-order valence-electron chi connectivity index (χ3n) is 1.92. The fraction of sp³-hybridized carbons (Fsp3) is 0. The maximum absolute atomic E-state index is 11.5. The normalized spacial score (nSPS) is 16.3. The van der Waals surface area contributed by atoms with E-state index in [0.717, 1.165) is 6.34 Å². The summed E-state index contributed by atoms with van der Waals surface area (Å²) in [5.41, 5.74) is -0.387. The van der Waals surface area contributed by atoms with Crippen LogP contribution in [0.15, 0.2) is 25.9 Å². The highest BCUT2D eigenvalue weighted by Gasteiger charge is 2.28. The van der Waals surface area contributed by atoms with Crippen molar-refractivity contribution in [2.75, 3.05) is 5.32 Å². The third kappa shape index (κ3) is 1.67. The van der Waals surface area contributed by atoms with Crippen LogP contribution in [-0.4, -0.2) is 19.7 Å². The van der Waals surface area contributed by atoms with E-state index < -0.39 is 14.9 Å². The first-order valence-electron chi connectivity index (χ1n) is 3.95. The van der Waals surface area contributed by atoms with Gasteiger partial charge in [0.15, 0.2) is 0 Å². The molecule has 7 nitrogen and oxygen atoms in total. The van der Waals surface area contributed by atoms with Gasteiger partial charge in [-0.15, -0.1) is 4.40 Å². The molecular weight excluding hydrogens is 302 g/mol. The number of nitro benzene ring substituents is 1. The molecule has 9 heteroatoms. The van der Waals surface area contributed by atoms with Crippen LogP contribution >= 0.6 is 15.9 Å². The highest BCUT2D eigenvalue weighted by molar-refractivity contribution is 9.10. The predicted octanol–water partition coefficient (Wildman–Crippen LogP) is 1.50. The molecule has 0 radical (unpaired) electrons. The Kier molecular flexibility index (Phi) is 2.43. The number of nitrogens with zero attached hydrogens (tertiary/aromatic N) is 2. The lowest BCUT2D eigenvalue weighted by molar-refractivity contribution is -0.384. The van der Waals surface area contributed by atoms with Crippen LogP contribution < -0.4 is 5.32 Å². The highest BCUT2D eigenvalue weighted by atomic mass is 79.9. The predicted molar refractivity (Wildman–Crippen MR) is 60.1 cm³/mol. The van der Waals surface area contributed by atoms with Gasteiger partial charge in [-0.1, -0.05) is 15.9 Å². The van der Waals surface area contributed by atoms with Crippen LogP contribution in [0.3, 0.4) is 0 Å². The number of benzene rings is 1. The van der Waals surface area contributed by atoms with Crippen molar-refractivity contribution in [2.24, 2.45) is 4.40 Å². The molecule has 0 unspecified atom stereocenters. The Morgan fingerprint density at radius 2 is 2.12 bits per heavy atom. The molecule has 0 saturated carbocycles. The van der Waals surface area contributed by atoms with Gasteiger partial charge in [0.05, 0.1) is 4.92 Å². The van der Waals surface area contributed by atoms with E-state index in [1.165, 1.54) is 12.1 Å². The van der Waals surface area contributed by atoms with E-state index in [1.807, 2.05) is 0 Å². The van der Waals surface area contributed by atoms with E-state index in [4.69, 9.17) is 0 Å². The van der Waals surface area contributed by atoms with Gasteiger partial charge in [0.25, 0.3) is 15.7 Å². The second-order valence-corrected chi connectivity index (χ2v) is 5.43. The van der Waals surface area contributed by atoms with Gasteiger partial charge in [-0.05, 0) is 6.07 Å². The zero-order valence-corrected chi connectivity index (χ0v) is 9.95. The van der Waals surface area contributed by atoms with Crippen LogP contribution in [0.2, 0.25) is 0 Å². The molecule has 0 aromatic heterocycles. The lowest BCUT2D eigenvalue weighted by Gasteiger charge is -2.12. The summed E-state index contributed by atoms with van der Waals surface area (Å²) < 4.78 is 26.6. The number of nitrogens with one attached hydrogen (secondary N) is 1. The molecule has 2 rings (SSSR count). The molecule has 0 spiro atoms. The van der Waals surface area contributed by atoms with Gasteiger partial charge >= 0.3 is 0 Å². The topological polar surface area (TPSA) is 102 Å². The molecule has 1 heterocycles. The largest absolute Gasteiger partial charge is 0.339 e. The number of hydrogen-bond donors (Lipinski definition) is 1. The third-order valence-corrected chi connectivity index (χ3v) is 3.64. The average Bonchev–Trinajstić information content (AvgIpc) is 2.17. The molecule has 0 bridgehead atoms. The summed E-state index contributed by atoms with van der Waals surface area (Å²) in [5, 5.41) is 13.2.